The van der Waals surface area contributed by atoms with E-state index < -0.39 is 0 Å². The summed E-state index contributed by atoms with van der Waals surface area (Å²) >= 11 is 0. The maximum Gasteiger partial charge on any atom is 0.00645 e. The molecule has 1 N–H and O–H groups in total. The predicted octanol–water partition coefficient (Wildman–Crippen LogP) is 4.84. The summed E-state index contributed by atoms with van der Waals surface area (Å²) in [5, 5.41) is 3.75. The van der Waals surface area contributed by atoms with Gasteiger partial charge in [0, 0.05) is 25.2 Å². The zero-order chi connectivity index (χ0) is 15.7. The van der Waals surface area contributed by atoms with E-state index in [-0.39, 0.29) is 0 Å². The van der Waals surface area contributed by atoms with Crippen LogP contribution in [0, 0.1) is 5.41 Å². The predicted molar refractivity (Wildman–Crippen MR) is 94.9 cm³/mol. The van der Waals surface area contributed by atoms with Crippen LogP contribution in [0.25, 0.3) is 0 Å². The first-order valence-corrected chi connectivity index (χ1v) is 9.50. The molecule has 1 aliphatic carbocycles. The molecule has 1 fully saturated rings. The molecule has 0 aliphatic heterocycles. The molecule has 0 heterocycles. The highest BCUT2D eigenvalue weighted by atomic mass is 15.2. The van der Waals surface area contributed by atoms with Gasteiger partial charge in [-0.05, 0) is 44.6 Å². The molecule has 0 aromatic heterocycles. The van der Waals surface area contributed by atoms with Crippen molar-refractivity contribution in [3.63, 3.8) is 0 Å². The first-order chi connectivity index (χ1) is 10.0. The summed E-state index contributed by atoms with van der Waals surface area (Å²) in [7, 11) is 0. The summed E-state index contributed by atoms with van der Waals surface area (Å²) in [6, 6.07) is 1.34. The second-order valence-corrected chi connectivity index (χ2v) is 7.68. The van der Waals surface area contributed by atoms with E-state index in [0.29, 0.717) is 11.5 Å². The highest BCUT2D eigenvalue weighted by Crippen LogP contribution is 2.37. The van der Waals surface area contributed by atoms with Gasteiger partial charge in [0.25, 0.3) is 0 Å². The van der Waals surface area contributed by atoms with Crippen molar-refractivity contribution < 1.29 is 0 Å². The fraction of sp³-hybridized carbons (Fsp3) is 1.00. The Morgan fingerprint density at radius 2 is 1.71 bits per heavy atom. The lowest BCUT2D eigenvalue weighted by atomic mass is 9.73. The van der Waals surface area contributed by atoms with Crippen LogP contribution in [0.1, 0.15) is 86.0 Å². The molecule has 0 bridgehead atoms. The average Bonchev–Trinajstić information content (AvgIpc) is 2.49. The van der Waals surface area contributed by atoms with Gasteiger partial charge in [-0.1, -0.05) is 53.4 Å². The number of unbranched alkanes of at least 4 members (excludes halogenated alkanes) is 1. The van der Waals surface area contributed by atoms with Crippen LogP contribution in [0.3, 0.4) is 0 Å². The quantitative estimate of drug-likeness (QED) is 0.621. The van der Waals surface area contributed by atoms with Crippen LogP contribution in [0.15, 0.2) is 0 Å². The van der Waals surface area contributed by atoms with Crippen LogP contribution in [-0.4, -0.2) is 36.6 Å². The molecule has 0 amide bonds. The summed E-state index contributed by atoms with van der Waals surface area (Å²) in [6.07, 6.45) is 11.1. The number of nitrogens with zero attached hydrogens (tertiary/aromatic N) is 1. The molecule has 0 radical (unpaired) electrons. The lowest BCUT2D eigenvalue weighted by Gasteiger charge is -2.43. The fourth-order valence-electron chi connectivity index (χ4n) is 3.62. The first-order valence-electron chi connectivity index (χ1n) is 9.50. The smallest absolute Gasteiger partial charge is 0.00645 e. The van der Waals surface area contributed by atoms with E-state index in [0.717, 1.165) is 6.04 Å². The van der Waals surface area contributed by atoms with Gasteiger partial charge >= 0.3 is 0 Å². The van der Waals surface area contributed by atoms with Gasteiger partial charge in [-0.3, -0.25) is 0 Å². The van der Waals surface area contributed by atoms with Gasteiger partial charge in [-0.15, -0.1) is 0 Å². The maximum atomic E-state index is 3.75. The third-order valence-corrected chi connectivity index (χ3v) is 5.35. The van der Waals surface area contributed by atoms with Crippen LogP contribution < -0.4 is 5.32 Å². The summed E-state index contributed by atoms with van der Waals surface area (Å²) < 4.78 is 0. The number of rotatable bonds is 10. The summed E-state index contributed by atoms with van der Waals surface area (Å²) in [5.41, 5.74) is 0.527. The molecule has 0 aromatic carbocycles. The Labute approximate surface area is 134 Å². The molecule has 126 valence electrons. The van der Waals surface area contributed by atoms with Gasteiger partial charge in [0.1, 0.15) is 0 Å². The van der Waals surface area contributed by atoms with Gasteiger partial charge in [0.15, 0.2) is 0 Å². The van der Waals surface area contributed by atoms with Crippen LogP contribution in [0.5, 0.6) is 0 Å². The fourth-order valence-corrected chi connectivity index (χ4v) is 3.62. The molecule has 1 unspecified atom stereocenters. The van der Waals surface area contributed by atoms with Crippen molar-refractivity contribution in [3.05, 3.63) is 0 Å². The molecule has 21 heavy (non-hydrogen) atoms. The Bertz CT molecular complexity index is 256. The van der Waals surface area contributed by atoms with Gasteiger partial charge in [-0.25, -0.2) is 0 Å². The lowest BCUT2D eigenvalue weighted by molar-refractivity contribution is 0.0748. The molecule has 1 saturated carbocycles. The van der Waals surface area contributed by atoms with E-state index >= 15 is 0 Å². The molecule has 0 spiro atoms. The van der Waals surface area contributed by atoms with E-state index in [1.807, 2.05) is 0 Å². The monoisotopic (exact) mass is 296 g/mol. The lowest BCUT2D eigenvalue weighted by Crippen LogP contribution is -2.49. The number of hydrogen-bond acceptors (Lipinski definition) is 2. The van der Waals surface area contributed by atoms with E-state index in [1.54, 1.807) is 0 Å². The SMILES string of the molecule is CCCCN(CC1(CNC(C)C)CCCCC1)C(C)CC. The first kappa shape index (κ1) is 19.0. The average molecular weight is 297 g/mol. The topological polar surface area (TPSA) is 15.3 Å². The van der Waals surface area contributed by atoms with Crippen molar-refractivity contribution >= 4 is 0 Å². The van der Waals surface area contributed by atoms with Crippen LogP contribution in [0.2, 0.25) is 0 Å². The maximum absolute atomic E-state index is 3.75. The molecule has 2 nitrogen and oxygen atoms in total. The van der Waals surface area contributed by atoms with Crippen molar-refractivity contribution in [1.29, 1.82) is 0 Å². The summed E-state index contributed by atoms with van der Waals surface area (Å²) in [6.45, 7) is 15.4. The Morgan fingerprint density at radius 1 is 1.05 bits per heavy atom. The Hall–Kier alpha value is -0.0800. The molecular weight excluding hydrogens is 256 g/mol. The van der Waals surface area contributed by atoms with Gasteiger partial charge in [0.2, 0.25) is 0 Å². The van der Waals surface area contributed by atoms with Gasteiger partial charge < -0.3 is 10.2 Å². The Kier molecular flexibility index (Phi) is 8.89. The molecule has 1 aliphatic rings. The molecule has 1 atom stereocenters. The molecule has 1 rings (SSSR count). The van der Waals surface area contributed by atoms with E-state index in [9.17, 15) is 0 Å². The number of hydrogen-bond donors (Lipinski definition) is 1. The van der Waals surface area contributed by atoms with E-state index in [2.05, 4.69) is 44.8 Å². The van der Waals surface area contributed by atoms with Crippen molar-refractivity contribution in [3.8, 4) is 0 Å². The highest BCUT2D eigenvalue weighted by Gasteiger charge is 2.34. The van der Waals surface area contributed by atoms with Crippen molar-refractivity contribution in [1.82, 2.24) is 10.2 Å². The molecular formula is C19H40N2. The minimum Gasteiger partial charge on any atom is -0.314 e. The third kappa shape index (κ3) is 6.69. The van der Waals surface area contributed by atoms with Crippen molar-refractivity contribution in [2.24, 2.45) is 5.41 Å². The van der Waals surface area contributed by atoms with Crippen molar-refractivity contribution in [2.75, 3.05) is 19.6 Å². The normalized spacial score (nSPS) is 20.1. The van der Waals surface area contributed by atoms with Crippen molar-refractivity contribution in [2.45, 2.75) is 98.1 Å². The zero-order valence-corrected chi connectivity index (χ0v) is 15.4. The summed E-state index contributed by atoms with van der Waals surface area (Å²) in [4.78, 5) is 2.79. The molecule has 0 saturated heterocycles. The number of nitrogens with one attached hydrogen (secondary N) is 1. The second kappa shape index (κ2) is 9.84. The Balaban J connectivity index is 2.70. The molecule has 0 aromatic rings. The van der Waals surface area contributed by atoms with Crippen LogP contribution in [-0.2, 0) is 0 Å². The molecule has 2 heteroatoms. The minimum atomic E-state index is 0.527. The van der Waals surface area contributed by atoms with E-state index in [1.165, 1.54) is 71.0 Å². The second-order valence-electron chi connectivity index (χ2n) is 7.68. The zero-order valence-electron chi connectivity index (χ0n) is 15.4. The minimum absolute atomic E-state index is 0.527. The summed E-state index contributed by atoms with van der Waals surface area (Å²) in [5.74, 6) is 0. The van der Waals surface area contributed by atoms with Gasteiger partial charge in [-0.2, -0.15) is 0 Å². The Morgan fingerprint density at radius 3 is 2.24 bits per heavy atom. The highest BCUT2D eigenvalue weighted by molar-refractivity contribution is 4.89. The third-order valence-electron chi connectivity index (χ3n) is 5.35. The van der Waals surface area contributed by atoms with E-state index in [4.69, 9.17) is 0 Å². The van der Waals surface area contributed by atoms with Crippen LogP contribution in [0.4, 0.5) is 0 Å². The van der Waals surface area contributed by atoms with Crippen LogP contribution >= 0.6 is 0 Å². The standard InChI is InChI=1S/C19H40N2/c1-6-8-14-21(18(5)7-2)16-19(15-20-17(3)4)12-10-9-11-13-19/h17-18,20H,6-16H2,1-5H3. The largest absolute Gasteiger partial charge is 0.314 e. The van der Waals surface area contributed by atoms with Gasteiger partial charge in [0.05, 0.1) is 0 Å².